The first-order valence-corrected chi connectivity index (χ1v) is 4.61. The molecule has 82 valence electrons. The first-order valence-electron chi connectivity index (χ1n) is 4.61. The third kappa shape index (κ3) is 3.17. The Balaban J connectivity index is 2.66. The fourth-order valence-corrected chi connectivity index (χ4v) is 1.11. The second-order valence-electron chi connectivity index (χ2n) is 3.16. The Bertz CT molecular complexity index is 325. The number of hydrogen-bond acceptors (Lipinski definition) is 5. The lowest BCUT2D eigenvalue weighted by Gasteiger charge is -2.17. The minimum Gasteiger partial charge on any atom is -0.358 e. The monoisotopic (exact) mass is 210 g/mol. The minimum atomic E-state index is -0.454. The topological polar surface area (TPSA) is 71.3 Å². The molecule has 0 saturated heterocycles. The smallest absolute Gasteiger partial charge is 0.287 e. The van der Waals surface area contributed by atoms with E-state index in [4.69, 9.17) is 0 Å². The molecule has 0 aliphatic carbocycles. The summed E-state index contributed by atoms with van der Waals surface area (Å²) in [4.78, 5) is 15.9. The van der Waals surface area contributed by atoms with Crippen LogP contribution in [0.5, 0.6) is 0 Å². The Morgan fingerprint density at radius 3 is 2.80 bits per heavy atom. The van der Waals surface area contributed by atoms with Gasteiger partial charge in [-0.05, 0) is 13.1 Å². The minimum absolute atomic E-state index is 0.0146. The Kier molecular flexibility index (Phi) is 3.99. The number of nitro groups is 1. The maximum absolute atomic E-state index is 10.4. The summed E-state index contributed by atoms with van der Waals surface area (Å²) in [5.41, 5.74) is 0.0146. The van der Waals surface area contributed by atoms with Crippen molar-refractivity contribution in [1.29, 1.82) is 0 Å². The lowest BCUT2D eigenvalue weighted by atomic mass is 10.4. The molecule has 0 spiro atoms. The van der Waals surface area contributed by atoms with Crippen LogP contribution >= 0.6 is 0 Å². The van der Waals surface area contributed by atoms with Gasteiger partial charge in [0.2, 0.25) is 0 Å². The van der Waals surface area contributed by atoms with Gasteiger partial charge in [-0.3, -0.25) is 10.1 Å². The molecule has 0 aliphatic heterocycles. The zero-order valence-electron chi connectivity index (χ0n) is 8.80. The molecule has 15 heavy (non-hydrogen) atoms. The van der Waals surface area contributed by atoms with Gasteiger partial charge in [0.15, 0.2) is 0 Å². The van der Waals surface area contributed by atoms with Crippen LogP contribution in [0.1, 0.15) is 0 Å². The molecule has 1 heterocycles. The van der Waals surface area contributed by atoms with Crippen molar-refractivity contribution in [2.75, 3.05) is 32.1 Å². The number of nitrogens with zero attached hydrogens (tertiary/aromatic N) is 3. The van der Waals surface area contributed by atoms with E-state index in [2.05, 4.69) is 10.3 Å². The first-order chi connectivity index (χ1) is 7.15. The second kappa shape index (κ2) is 5.26. The summed E-state index contributed by atoms with van der Waals surface area (Å²) >= 11 is 0. The Morgan fingerprint density at radius 2 is 2.33 bits per heavy atom. The van der Waals surface area contributed by atoms with Crippen molar-refractivity contribution in [2.45, 2.75) is 0 Å². The van der Waals surface area contributed by atoms with E-state index in [1.54, 1.807) is 6.07 Å². The van der Waals surface area contributed by atoms with Crippen LogP contribution < -0.4 is 10.2 Å². The predicted octanol–water partition coefficient (Wildman–Crippen LogP) is 0.645. The summed E-state index contributed by atoms with van der Waals surface area (Å²) in [5, 5.41) is 13.4. The highest BCUT2D eigenvalue weighted by molar-refractivity contribution is 5.42. The van der Waals surface area contributed by atoms with E-state index in [0.29, 0.717) is 0 Å². The number of likely N-dealkylation sites (N-methyl/N-ethyl adjacent to an activating group) is 2. The molecule has 0 atom stereocenters. The molecule has 0 aromatic carbocycles. The standard InChI is InChI=1S/C9H14N4O2/c1-10-5-6-12(2)9-4-3-8(7-11-9)13(14)15/h3-4,7,10H,5-6H2,1-2H3. The van der Waals surface area contributed by atoms with E-state index < -0.39 is 4.92 Å². The van der Waals surface area contributed by atoms with Crippen molar-refractivity contribution in [1.82, 2.24) is 10.3 Å². The van der Waals surface area contributed by atoms with Gasteiger partial charge in [-0.2, -0.15) is 0 Å². The molecule has 0 saturated carbocycles. The molecule has 1 rings (SSSR count). The van der Waals surface area contributed by atoms with Gasteiger partial charge < -0.3 is 10.2 Å². The fourth-order valence-electron chi connectivity index (χ4n) is 1.11. The highest BCUT2D eigenvalue weighted by atomic mass is 16.6. The Labute approximate surface area is 88.1 Å². The SMILES string of the molecule is CNCCN(C)c1ccc([N+](=O)[O-])cn1. The van der Waals surface area contributed by atoms with E-state index in [0.717, 1.165) is 18.9 Å². The Hall–Kier alpha value is -1.69. The molecule has 1 aromatic rings. The number of rotatable bonds is 5. The van der Waals surface area contributed by atoms with Crippen LogP contribution in [-0.2, 0) is 0 Å². The van der Waals surface area contributed by atoms with Gasteiger partial charge >= 0.3 is 0 Å². The third-order valence-electron chi connectivity index (χ3n) is 2.03. The van der Waals surface area contributed by atoms with E-state index in [1.807, 2.05) is 19.0 Å². The average molecular weight is 210 g/mol. The summed E-state index contributed by atoms with van der Waals surface area (Å²) < 4.78 is 0. The van der Waals surface area contributed by atoms with E-state index in [-0.39, 0.29) is 5.69 Å². The van der Waals surface area contributed by atoms with Crippen LogP contribution in [0.15, 0.2) is 18.3 Å². The summed E-state index contributed by atoms with van der Waals surface area (Å²) in [6.07, 6.45) is 1.27. The molecule has 0 radical (unpaired) electrons. The van der Waals surface area contributed by atoms with Crippen molar-refractivity contribution in [3.8, 4) is 0 Å². The van der Waals surface area contributed by atoms with Crippen molar-refractivity contribution >= 4 is 11.5 Å². The van der Waals surface area contributed by atoms with Gasteiger partial charge in [0.25, 0.3) is 5.69 Å². The van der Waals surface area contributed by atoms with Crippen LogP contribution in [0.25, 0.3) is 0 Å². The molecule has 0 bridgehead atoms. The summed E-state index contributed by atoms with van der Waals surface area (Å²) in [6, 6.07) is 3.10. The van der Waals surface area contributed by atoms with Crippen LogP contribution in [-0.4, -0.2) is 37.1 Å². The second-order valence-corrected chi connectivity index (χ2v) is 3.16. The molecule has 0 unspecified atom stereocenters. The van der Waals surface area contributed by atoms with E-state index in [9.17, 15) is 10.1 Å². The molecule has 0 fully saturated rings. The maximum atomic E-state index is 10.4. The highest BCUT2D eigenvalue weighted by Crippen LogP contribution is 2.13. The van der Waals surface area contributed by atoms with Gasteiger partial charge in [0, 0.05) is 26.2 Å². The molecule has 6 heteroatoms. The molecular weight excluding hydrogens is 196 g/mol. The molecule has 1 N–H and O–H groups in total. The predicted molar refractivity (Wildman–Crippen MR) is 58.1 cm³/mol. The van der Waals surface area contributed by atoms with Gasteiger partial charge in [-0.1, -0.05) is 0 Å². The van der Waals surface area contributed by atoms with Crippen molar-refractivity contribution in [2.24, 2.45) is 0 Å². The van der Waals surface area contributed by atoms with E-state index >= 15 is 0 Å². The summed E-state index contributed by atoms with van der Waals surface area (Å²) in [6.45, 7) is 1.65. The first kappa shape index (κ1) is 11.4. The van der Waals surface area contributed by atoms with Crippen LogP contribution in [0.4, 0.5) is 11.5 Å². The largest absolute Gasteiger partial charge is 0.358 e. The number of pyridine rings is 1. The van der Waals surface area contributed by atoms with Crippen molar-refractivity contribution < 1.29 is 4.92 Å². The molecule has 0 aliphatic rings. The Morgan fingerprint density at radius 1 is 1.60 bits per heavy atom. The summed E-state index contributed by atoms with van der Waals surface area (Å²) in [5.74, 6) is 0.732. The van der Waals surface area contributed by atoms with Gasteiger partial charge in [0.05, 0.1) is 4.92 Å². The number of aromatic nitrogens is 1. The average Bonchev–Trinajstić information content (AvgIpc) is 2.26. The van der Waals surface area contributed by atoms with Gasteiger partial charge in [-0.25, -0.2) is 4.98 Å². The van der Waals surface area contributed by atoms with Gasteiger partial charge in [0.1, 0.15) is 12.0 Å². The van der Waals surface area contributed by atoms with Crippen molar-refractivity contribution in [3.05, 3.63) is 28.4 Å². The number of anilines is 1. The molecule has 6 nitrogen and oxygen atoms in total. The van der Waals surface area contributed by atoms with Crippen LogP contribution in [0.3, 0.4) is 0 Å². The zero-order chi connectivity index (χ0) is 11.3. The quantitative estimate of drug-likeness (QED) is 0.570. The normalized spacial score (nSPS) is 10.0. The maximum Gasteiger partial charge on any atom is 0.287 e. The number of nitrogens with one attached hydrogen (secondary N) is 1. The lowest BCUT2D eigenvalue weighted by Crippen LogP contribution is -2.27. The van der Waals surface area contributed by atoms with Gasteiger partial charge in [-0.15, -0.1) is 0 Å². The highest BCUT2D eigenvalue weighted by Gasteiger charge is 2.07. The molecular formula is C9H14N4O2. The fraction of sp³-hybridized carbons (Fsp3) is 0.444. The zero-order valence-corrected chi connectivity index (χ0v) is 8.80. The number of hydrogen-bond donors (Lipinski definition) is 1. The molecule has 1 aromatic heterocycles. The van der Waals surface area contributed by atoms with Crippen LogP contribution in [0.2, 0.25) is 0 Å². The molecule has 0 amide bonds. The third-order valence-corrected chi connectivity index (χ3v) is 2.03. The van der Waals surface area contributed by atoms with Crippen LogP contribution in [0, 0.1) is 10.1 Å². The lowest BCUT2D eigenvalue weighted by molar-refractivity contribution is -0.385. The van der Waals surface area contributed by atoms with E-state index in [1.165, 1.54) is 12.3 Å². The summed E-state index contributed by atoms with van der Waals surface area (Å²) in [7, 11) is 3.77. The van der Waals surface area contributed by atoms with Crippen molar-refractivity contribution in [3.63, 3.8) is 0 Å².